The largest absolute Gasteiger partial charge is 0.378 e. The molecule has 1 rings (SSSR count). The maximum Gasteiger partial charge on any atom is 0.225 e. The van der Waals surface area contributed by atoms with Crippen LogP contribution in [-0.2, 0) is 9.53 Å². The van der Waals surface area contributed by atoms with Crippen molar-refractivity contribution in [3.63, 3.8) is 0 Å². The normalized spacial score (nSPS) is 26.7. The van der Waals surface area contributed by atoms with E-state index in [1.54, 1.807) is 0 Å². The zero-order valence-corrected chi connectivity index (χ0v) is 11.8. The van der Waals surface area contributed by atoms with Gasteiger partial charge in [0.2, 0.25) is 5.91 Å². The van der Waals surface area contributed by atoms with Crippen LogP contribution in [0.15, 0.2) is 0 Å². The van der Waals surface area contributed by atoms with Gasteiger partial charge in [0.05, 0.1) is 18.6 Å². The highest BCUT2D eigenvalue weighted by Crippen LogP contribution is 2.19. The van der Waals surface area contributed by atoms with E-state index in [-0.39, 0.29) is 17.9 Å². The van der Waals surface area contributed by atoms with Crippen LogP contribution in [0.2, 0.25) is 0 Å². The molecule has 94 valence electrons. The van der Waals surface area contributed by atoms with Gasteiger partial charge in [-0.15, -0.1) is 0 Å². The Kier molecular flexibility index (Phi) is 6.36. The Labute approximate surface area is 106 Å². The standard InChI is InChI=1S/C12H22BrNO2/c1-3-10(4-5-13)7-14-12(15)11-6-9(2)16-8-11/h9-11H,3-8H2,1-2H3,(H,14,15). The van der Waals surface area contributed by atoms with Gasteiger partial charge >= 0.3 is 0 Å². The van der Waals surface area contributed by atoms with Crippen molar-refractivity contribution < 1.29 is 9.53 Å². The Bertz CT molecular complexity index is 223. The van der Waals surface area contributed by atoms with E-state index in [4.69, 9.17) is 4.74 Å². The smallest absolute Gasteiger partial charge is 0.225 e. The number of ether oxygens (including phenoxy) is 1. The molecular weight excluding hydrogens is 270 g/mol. The minimum atomic E-state index is 0.0662. The molecule has 1 fully saturated rings. The maximum atomic E-state index is 11.8. The molecule has 0 saturated carbocycles. The lowest BCUT2D eigenvalue weighted by molar-refractivity contribution is -0.125. The number of rotatable bonds is 6. The third kappa shape index (κ3) is 4.42. The Hall–Kier alpha value is -0.0900. The summed E-state index contributed by atoms with van der Waals surface area (Å²) in [5.41, 5.74) is 0. The summed E-state index contributed by atoms with van der Waals surface area (Å²) < 4.78 is 5.40. The molecule has 3 atom stereocenters. The quantitative estimate of drug-likeness (QED) is 0.763. The lowest BCUT2D eigenvalue weighted by atomic mass is 10.0. The van der Waals surface area contributed by atoms with Crippen LogP contribution in [0.5, 0.6) is 0 Å². The van der Waals surface area contributed by atoms with Gasteiger partial charge < -0.3 is 10.1 Å². The molecule has 0 aromatic carbocycles. The van der Waals surface area contributed by atoms with E-state index in [1.807, 2.05) is 6.92 Å². The van der Waals surface area contributed by atoms with Gasteiger partial charge in [-0.2, -0.15) is 0 Å². The van der Waals surface area contributed by atoms with Gasteiger partial charge in [-0.25, -0.2) is 0 Å². The molecule has 1 saturated heterocycles. The Balaban J connectivity index is 2.23. The van der Waals surface area contributed by atoms with E-state index in [0.717, 1.165) is 31.1 Å². The number of carbonyl (C=O) groups excluding carboxylic acids is 1. The third-order valence-electron chi connectivity index (χ3n) is 3.23. The van der Waals surface area contributed by atoms with Crippen molar-refractivity contribution in [2.45, 2.75) is 39.2 Å². The van der Waals surface area contributed by atoms with Gasteiger partial charge in [0, 0.05) is 11.9 Å². The number of halogens is 1. The predicted octanol–water partition coefficient (Wildman–Crippen LogP) is 2.34. The Morgan fingerprint density at radius 1 is 1.62 bits per heavy atom. The number of nitrogens with one attached hydrogen (secondary N) is 1. The van der Waals surface area contributed by atoms with E-state index in [0.29, 0.717) is 12.5 Å². The Morgan fingerprint density at radius 2 is 2.38 bits per heavy atom. The van der Waals surface area contributed by atoms with Crippen LogP contribution >= 0.6 is 15.9 Å². The monoisotopic (exact) mass is 291 g/mol. The fraction of sp³-hybridized carbons (Fsp3) is 0.917. The first-order valence-electron chi connectivity index (χ1n) is 6.12. The van der Waals surface area contributed by atoms with Gasteiger partial charge in [0.1, 0.15) is 0 Å². The number of hydrogen-bond acceptors (Lipinski definition) is 2. The third-order valence-corrected chi connectivity index (χ3v) is 3.69. The van der Waals surface area contributed by atoms with Crippen molar-refractivity contribution in [2.75, 3.05) is 18.5 Å². The van der Waals surface area contributed by atoms with Crippen molar-refractivity contribution in [1.82, 2.24) is 5.32 Å². The summed E-state index contributed by atoms with van der Waals surface area (Å²) in [6.45, 7) is 5.57. The number of amides is 1. The number of hydrogen-bond donors (Lipinski definition) is 1. The summed E-state index contributed by atoms with van der Waals surface area (Å²) >= 11 is 3.44. The minimum Gasteiger partial charge on any atom is -0.378 e. The highest BCUT2D eigenvalue weighted by atomic mass is 79.9. The molecular formula is C12H22BrNO2. The summed E-state index contributed by atoms with van der Waals surface area (Å²) in [5, 5.41) is 4.05. The first-order chi connectivity index (χ1) is 7.67. The molecule has 4 heteroatoms. The van der Waals surface area contributed by atoms with Crippen LogP contribution in [-0.4, -0.2) is 30.5 Å². The van der Waals surface area contributed by atoms with E-state index < -0.39 is 0 Å². The van der Waals surface area contributed by atoms with Crippen LogP contribution in [0.3, 0.4) is 0 Å². The van der Waals surface area contributed by atoms with Crippen molar-refractivity contribution in [1.29, 1.82) is 0 Å². The molecule has 0 radical (unpaired) electrons. The average molecular weight is 292 g/mol. The molecule has 1 aliphatic heterocycles. The summed E-state index contributed by atoms with van der Waals surface area (Å²) in [6, 6.07) is 0. The van der Waals surface area contributed by atoms with Gasteiger partial charge in [-0.05, 0) is 25.7 Å². The molecule has 1 amide bonds. The summed E-state index contributed by atoms with van der Waals surface area (Å²) in [6.07, 6.45) is 3.33. The maximum absolute atomic E-state index is 11.8. The second-order valence-corrected chi connectivity index (χ2v) is 5.37. The molecule has 0 bridgehead atoms. The summed E-state index contributed by atoms with van der Waals surface area (Å²) in [7, 11) is 0. The molecule has 3 unspecified atom stereocenters. The minimum absolute atomic E-state index is 0.0662. The highest BCUT2D eigenvalue weighted by Gasteiger charge is 2.28. The van der Waals surface area contributed by atoms with Crippen LogP contribution in [0.25, 0.3) is 0 Å². The fourth-order valence-corrected chi connectivity index (χ4v) is 2.64. The van der Waals surface area contributed by atoms with E-state index in [1.165, 1.54) is 0 Å². The lowest BCUT2D eigenvalue weighted by Crippen LogP contribution is -2.34. The first-order valence-corrected chi connectivity index (χ1v) is 7.24. The van der Waals surface area contributed by atoms with Crippen LogP contribution in [0.1, 0.15) is 33.1 Å². The van der Waals surface area contributed by atoms with Gasteiger partial charge in [-0.1, -0.05) is 29.3 Å². The lowest BCUT2D eigenvalue weighted by Gasteiger charge is -2.16. The zero-order valence-electron chi connectivity index (χ0n) is 10.2. The molecule has 16 heavy (non-hydrogen) atoms. The van der Waals surface area contributed by atoms with Crippen LogP contribution in [0, 0.1) is 11.8 Å². The summed E-state index contributed by atoms with van der Waals surface area (Å²) in [5.74, 6) is 0.817. The Morgan fingerprint density at radius 3 is 2.88 bits per heavy atom. The second-order valence-electron chi connectivity index (χ2n) is 4.57. The van der Waals surface area contributed by atoms with E-state index >= 15 is 0 Å². The van der Waals surface area contributed by atoms with Crippen molar-refractivity contribution in [3.05, 3.63) is 0 Å². The molecule has 0 aromatic heterocycles. The highest BCUT2D eigenvalue weighted by molar-refractivity contribution is 9.09. The molecule has 3 nitrogen and oxygen atoms in total. The van der Waals surface area contributed by atoms with Crippen molar-refractivity contribution in [2.24, 2.45) is 11.8 Å². The van der Waals surface area contributed by atoms with Gasteiger partial charge in [0.25, 0.3) is 0 Å². The SMILES string of the molecule is CCC(CCBr)CNC(=O)C1COC(C)C1. The van der Waals surface area contributed by atoms with E-state index in [2.05, 4.69) is 28.2 Å². The molecule has 0 aliphatic carbocycles. The second kappa shape index (κ2) is 7.28. The van der Waals surface area contributed by atoms with Crippen LogP contribution in [0.4, 0.5) is 0 Å². The van der Waals surface area contributed by atoms with Crippen molar-refractivity contribution >= 4 is 21.8 Å². The fourth-order valence-electron chi connectivity index (χ4n) is 1.99. The van der Waals surface area contributed by atoms with Gasteiger partial charge in [0.15, 0.2) is 0 Å². The molecule has 0 aromatic rings. The molecule has 1 heterocycles. The van der Waals surface area contributed by atoms with Crippen LogP contribution < -0.4 is 5.32 Å². The summed E-state index contributed by atoms with van der Waals surface area (Å²) in [4.78, 5) is 11.8. The van der Waals surface area contributed by atoms with Crippen molar-refractivity contribution in [3.8, 4) is 0 Å². The molecule has 1 N–H and O–H groups in total. The number of carbonyl (C=O) groups is 1. The zero-order chi connectivity index (χ0) is 12.0. The van der Waals surface area contributed by atoms with Gasteiger partial charge in [-0.3, -0.25) is 4.79 Å². The molecule has 0 spiro atoms. The topological polar surface area (TPSA) is 38.3 Å². The molecule has 1 aliphatic rings. The number of alkyl halides is 1. The first kappa shape index (κ1) is 14.0. The predicted molar refractivity (Wildman–Crippen MR) is 68.7 cm³/mol. The average Bonchev–Trinajstić information content (AvgIpc) is 2.70. The van der Waals surface area contributed by atoms with E-state index in [9.17, 15) is 4.79 Å².